The lowest BCUT2D eigenvalue weighted by Gasteiger charge is -2.24. The summed E-state index contributed by atoms with van der Waals surface area (Å²) in [6, 6.07) is 14.2. The second kappa shape index (κ2) is 7.04. The minimum atomic E-state index is -0.707. The fourth-order valence-corrected chi connectivity index (χ4v) is 3.28. The summed E-state index contributed by atoms with van der Waals surface area (Å²) in [5.41, 5.74) is 2.32. The van der Waals surface area contributed by atoms with E-state index in [1.807, 2.05) is 45.0 Å². The lowest BCUT2D eigenvalue weighted by atomic mass is 10.0. The Balaban J connectivity index is 1.40. The zero-order chi connectivity index (χ0) is 19.9. The molecule has 2 fully saturated rings. The van der Waals surface area contributed by atoms with Crippen molar-refractivity contribution >= 4 is 11.9 Å². The van der Waals surface area contributed by atoms with Crippen LogP contribution in [0.15, 0.2) is 48.5 Å². The molecule has 0 saturated carbocycles. The maximum Gasteiger partial charge on any atom is 0.338 e. The Bertz CT molecular complexity index is 888. The van der Waals surface area contributed by atoms with Gasteiger partial charge < -0.3 is 18.9 Å². The average molecular weight is 382 g/mol. The Morgan fingerprint density at radius 3 is 2.04 bits per heavy atom. The van der Waals surface area contributed by atoms with E-state index in [0.717, 1.165) is 11.1 Å². The van der Waals surface area contributed by atoms with Crippen LogP contribution >= 0.6 is 0 Å². The molecule has 0 unspecified atom stereocenters. The number of esters is 2. The standard InChI is InChI=1S/C22H22O6/c1-13-4-8-15(9-5-13)19(23)25-12-17-18(22(3)21(26-17)28-22)27-20(24)16-10-6-14(2)7-11-16/h4-11,17-18,21H,12H2,1-3H3/t17-,18-,21-,22-/m1/s1. The van der Waals surface area contributed by atoms with E-state index in [1.165, 1.54) is 0 Å². The van der Waals surface area contributed by atoms with Crippen LogP contribution in [0.2, 0.25) is 0 Å². The third kappa shape index (κ3) is 3.53. The van der Waals surface area contributed by atoms with Gasteiger partial charge in [-0.1, -0.05) is 35.4 Å². The van der Waals surface area contributed by atoms with Crippen molar-refractivity contribution in [3.63, 3.8) is 0 Å². The smallest absolute Gasteiger partial charge is 0.338 e. The van der Waals surface area contributed by atoms with E-state index in [9.17, 15) is 9.59 Å². The number of fused-ring (bicyclic) bond motifs is 1. The van der Waals surface area contributed by atoms with Gasteiger partial charge in [-0.05, 0) is 45.0 Å². The molecule has 2 aromatic carbocycles. The Hall–Kier alpha value is -2.70. The second-order valence-corrected chi connectivity index (χ2v) is 7.46. The Labute approximate surface area is 163 Å². The molecule has 0 bridgehead atoms. The summed E-state index contributed by atoms with van der Waals surface area (Å²) in [6.07, 6.45) is -1.68. The summed E-state index contributed by atoms with van der Waals surface area (Å²) >= 11 is 0. The van der Waals surface area contributed by atoms with Crippen LogP contribution in [0, 0.1) is 13.8 Å². The lowest BCUT2D eigenvalue weighted by molar-refractivity contribution is -0.104. The number of carbonyl (C=O) groups excluding carboxylic acids is 2. The molecule has 146 valence electrons. The predicted molar refractivity (Wildman–Crippen MR) is 100.0 cm³/mol. The molecule has 2 heterocycles. The first-order valence-corrected chi connectivity index (χ1v) is 9.21. The maximum absolute atomic E-state index is 12.5. The van der Waals surface area contributed by atoms with Gasteiger partial charge in [0, 0.05) is 0 Å². The fourth-order valence-electron chi connectivity index (χ4n) is 3.28. The number of ether oxygens (including phenoxy) is 4. The van der Waals surface area contributed by atoms with Gasteiger partial charge in [-0.2, -0.15) is 0 Å². The van der Waals surface area contributed by atoms with Gasteiger partial charge in [-0.15, -0.1) is 0 Å². The molecule has 0 radical (unpaired) electrons. The molecule has 0 aliphatic carbocycles. The molecule has 2 aliphatic rings. The van der Waals surface area contributed by atoms with Gasteiger partial charge in [-0.3, -0.25) is 0 Å². The van der Waals surface area contributed by atoms with Crippen molar-refractivity contribution in [3.8, 4) is 0 Å². The summed E-state index contributed by atoms with van der Waals surface area (Å²) in [6.45, 7) is 5.70. The molecule has 0 N–H and O–H groups in total. The molecule has 2 aromatic rings. The second-order valence-electron chi connectivity index (χ2n) is 7.46. The van der Waals surface area contributed by atoms with Crippen LogP contribution in [0.3, 0.4) is 0 Å². The highest BCUT2D eigenvalue weighted by Crippen LogP contribution is 2.50. The molecule has 0 spiro atoms. The van der Waals surface area contributed by atoms with Crippen molar-refractivity contribution in [2.75, 3.05) is 6.61 Å². The SMILES string of the molecule is Cc1ccc(C(=O)OC[C@H]2O[C@@H]3O[C@]3(C)[C@@H]2OC(=O)c2ccc(C)cc2)cc1. The van der Waals surface area contributed by atoms with Crippen molar-refractivity contribution in [2.24, 2.45) is 0 Å². The molecule has 4 atom stereocenters. The predicted octanol–water partition coefficient (Wildman–Crippen LogP) is 3.20. The highest BCUT2D eigenvalue weighted by Gasteiger charge is 2.70. The van der Waals surface area contributed by atoms with Crippen molar-refractivity contribution in [2.45, 2.75) is 44.9 Å². The minimum Gasteiger partial charge on any atom is -0.459 e. The number of aryl methyl sites for hydroxylation is 2. The van der Waals surface area contributed by atoms with E-state index in [-0.39, 0.29) is 6.61 Å². The van der Waals surface area contributed by atoms with E-state index in [0.29, 0.717) is 11.1 Å². The van der Waals surface area contributed by atoms with E-state index >= 15 is 0 Å². The third-order valence-corrected chi connectivity index (χ3v) is 5.16. The summed E-state index contributed by atoms with van der Waals surface area (Å²) in [4.78, 5) is 24.8. The quantitative estimate of drug-likeness (QED) is 0.584. The number of epoxide rings is 1. The van der Waals surface area contributed by atoms with Gasteiger partial charge in [-0.25, -0.2) is 9.59 Å². The van der Waals surface area contributed by atoms with Crippen molar-refractivity contribution in [1.29, 1.82) is 0 Å². The van der Waals surface area contributed by atoms with Crippen molar-refractivity contribution in [3.05, 3.63) is 70.8 Å². The fraction of sp³-hybridized carbons (Fsp3) is 0.364. The molecule has 0 amide bonds. The molecule has 6 nitrogen and oxygen atoms in total. The molecule has 6 heteroatoms. The summed E-state index contributed by atoms with van der Waals surface area (Å²) in [5.74, 6) is -0.903. The Morgan fingerprint density at radius 1 is 0.929 bits per heavy atom. The molecule has 4 rings (SSSR count). The van der Waals surface area contributed by atoms with Crippen molar-refractivity contribution in [1.82, 2.24) is 0 Å². The van der Waals surface area contributed by atoms with E-state index < -0.39 is 36.0 Å². The number of hydrogen-bond acceptors (Lipinski definition) is 6. The van der Waals surface area contributed by atoms with E-state index in [1.54, 1.807) is 24.3 Å². The van der Waals surface area contributed by atoms with Crippen LogP contribution in [0.1, 0.15) is 38.8 Å². The summed E-state index contributed by atoms with van der Waals surface area (Å²) in [7, 11) is 0. The first-order valence-electron chi connectivity index (χ1n) is 9.21. The van der Waals surface area contributed by atoms with Crippen molar-refractivity contribution < 1.29 is 28.5 Å². The zero-order valence-corrected chi connectivity index (χ0v) is 16.0. The number of benzene rings is 2. The Morgan fingerprint density at radius 2 is 1.46 bits per heavy atom. The minimum absolute atomic E-state index is 0.0198. The van der Waals surface area contributed by atoms with Gasteiger partial charge in [0.2, 0.25) is 0 Å². The first kappa shape index (κ1) is 18.7. The van der Waals surface area contributed by atoms with Gasteiger partial charge in [0.15, 0.2) is 18.0 Å². The zero-order valence-electron chi connectivity index (χ0n) is 16.0. The molecule has 0 aromatic heterocycles. The number of hydrogen-bond donors (Lipinski definition) is 0. The van der Waals surface area contributed by atoms with Crippen LogP contribution < -0.4 is 0 Å². The summed E-state index contributed by atoms with van der Waals surface area (Å²) < 4.78 is 22.3. The third-order valence-electron chi connectivity index (χ3n) is 5.16. The molecule has 2 aliphatic heterocycles. The van der Waals surface area contributed by atoms with Gasteiger partial charge in [0.25, 0.3) is 0 Å². The number of rotatable bonds is 5. The Kier molecular flexibility index (Phi) is 4.69. The highest BCUT2D eigenvalue weighted by atomic mass is 16.8. The van der Waals surface area contributed by atoms with E-state index in [4.69, 9.17) is 18.9 Å². The molecular weight excluding hydrogens is 360 g/mol. The monoisotopic (exact) mass is 382 g/mol. The van der Waals surface area contributed by atoms with Crippen LogP contribution in [0.25, 0.3) is 0 Å². The maximum atomic E-state index is 12.5. The van der Waals surface area contributed by atoms with Crippen LogP contribution in [-0.4, -0.2) is 42.6 Å². The van der Waals surface area contributed by atoms with Gasteiger partial charge in [0.1, 0.15) is 12.7 Å². The summed E-state index contributed by atoms with van der Waals surface area (Å²) in [5, 5.41) is 0. The van der Waals surface area contributed by atoms with Gasteiger partial charge in [0.05, 0.1) is 11.1 Å². The number of carbonyl (C=O) groups is 2. The largest absolute Gasteiger partial charge is 0.459 e. The average Bonchev–Trinajstić information content (AvgIpc) is 3.26. The normalized spacial score (nSPS) is 27.8. The highest BCUT2D eigenvalue weighted by molar-refractivity contribution is 5.90. The molecular formula is C22H22O6. The van der Waals surface area contributed by atoms with Gasteiger partial charge >= 0.3 is 11.9 Å². The van der Waals surface area contributed by atoms with Crippen LogP contribution in [-0.2, 0) is 18.9 Å². The first-order chi connectivity index (χ1) is 13.4. The van der Waals surface area contributed by atoms with Crippen LogP contribution in [0.4, 0.5) is 0 Å². The lowest BCUT2D eigenvalue weighted by Crippen LogP contribution is -2.41. The molecule has 28 heavy (non-hydrogen) atoms. The topological polar surface area (TPSA) is 74.4 Å². The van der Waals surface area contributed by atoms with E-state index in [2.05, 4.69) is 0 Å². The van der Waals surface area contributed by atoms with Crippen LogP contribution in [0.5, 0.6) is 0 Å². The molecule has 2 saturated heterocycles.